The fraction of sp³-hybridized carbons (Fsp3) is 0.596. The van der Waals surface area contributed by atoms with Gasteiger partial charge < -0.3 is 88.0 Å². The van der Waals surface area contributed by atoms with Crippen LogP contribution in [0.4, 0.5) is 62.0 Å². The Hall–Kier alpha value is -9.24. The number of halogens is 12. The Labute approximate surface area is 829 Å². The molecule has 16 aliphatic heterocycles. The molecule has 14 atom stereocenters. The summed E-state index contributed by atoms with van der Waals surface area (Å²) < 4.78 is 138. The molecular formula is C89H104Cl6F6N30O9. The van der Waals surface area contributed by atoms with Gasteiger partial charge in [-0.1, -0.05) is 36.4 Å². The van der Waals surface area contributed by atoms with E-state index < -0.39 is 25.1 Å². The second kappa shape index (κ2) is 45.0. The average Bonchev–Trinajstić information content (AvgIpc) is 1.59. The number of imidazole rings is 3. The molecule has 11 aromatic rings. The molecule has 16 saturated heterocycles. The normalized spacial score (nSPS) is 26.6. The summed E-state index contributed by atoms with van der Waals surface area (Å²) in [5.41, 5.74) is 2.97. The van der Waals surface area contributed by atoms with Gasteiger partial charge in [-0.05, 0) is 196 Å². The van der Waals surface area contributed by atoms with E-state index in [0.29, 0.717) is 172 Å². The molecule has 140 heavy (non-hydrogen) atoms. The maximum absolute atomic E-state index is 14.1. The third-order valence-corrected chi connectivity index (χ3v) is 27.5. The molecule has 14 unspecified atom stereocenters. The van der Waals surface area contributed by atoms with Crippen LogP contribution in [0.2, 0.25) is 31.7 Å². The zero-order valence-electron chi connectivity index (χ0n) is 76.0. The summed E-state index contributed by atoms with van der Waals surface area (Å²) >= 11 is 33.6. The van der Waals surface area contributed by atoms with Crippen LogP contribution in [0.15, 0.2) is 72.8 Å². The number of morpholine rings is 9. The van der Waals surface area contributed by atoms with Crippen LogP contribution < -0.4 is 45.3 Å². The summed E-state index contributed by atoms with van der Waals surface area (Å²) in [7, 11) is 0. The predicted octanol–water partition coefficient (Wildman–Crippen LogP) is 11.7. The standard InChI is InChI=1S/C23H25F2N7O2.C21H23F2N7O2.C17H15ClF2N6O.C9H10Cl2N4O.2C6H11NO.C4H9NO.C3Cl3N3/c24-19(25)20-26-17-3-1-2-4-18(17)32(20)23-28-21(30-9-13-5-6-14(10-30)33-13)27-22(29-23)31-11-15-7-8-16(12-31)34-15;22-17(23)18-24-15-3-1-2-4-16(15)30(18)21-26-19(28-7-9-31-10-8-28)25-20(27-21)29-11-13-5-6-14(12-29)32-13;18-15-22-16(25-7-9-5-6-10(8-25)27-9)24-17(23-15)26-12-4-2-1-3-11(12)21-14(26)13(19)20;10-7-12-8(11)14-9(13-7)15-3-5-1-2-6(4-15)16-5;2*1-2-6-4-7-3-5(1)8-6;1-3-6-4-2-5-1;4-1-7-2(5)9-3(6)8-1/h1-4,13-16,19H,5-12H2;1-4,13-14,17H,5-12H2;1-4,9-10,13H,5-8H2;5-6H,1-4H2;2*5-7H,1-4H2;5H,1-4H2;. The van der Waals surface area contributed by atoms with E-state index in [1.54, 1.807) is 72.8 Å². The number of para-hydroxylation sites is 6. The first-order chi connectivity index (χ1) is 68.1. The molecule has 3 aromatic carbocycles. The number of anilines is 6. The maximum atomic E-state index is 14.1. The highest BCUT2D eigenvalue weighted by molar-refractivity contribution is 6.33. The van der Waals surface area contributed by atoms with Crippen molar-refractivity contribution in [3.05, 3.63) is 122 Å². The minimum absolute atomic E-state index is 0.000000000000000444. The zero-order chi connectivity index (χ0) is 96.0. The van der Waals surface area contributed by atoms with Crippen molar-refractivity contribution in [2.24, 2.45) is 0 Å². The minimum Gasteiger partial charge on any atom is -0.379 e. The summed E-state index contributed by atoms with van der Waals surface area (Å²) in [4.78, 5) is 88.0. The number of hydrogen-bond acceptors (Lipinski definition) is 36. The second-order valence-corrected chi connectivity index (χ2v) is 38.3. The molecule has 0 radical (unpaired) electrons. The Kier molecular flexibility index (Phi) is 31.5. The van der Waals surface area contributed by atoms with E-state index >= 15 is 0 Å². The molecule has 16 fully saturated rings. The number of hydrogen-bond donors (Lipinski definition) is 3. The minimum atomic E-state index is -2.78. The lowest BCUT2D eigenvalue weighted by Gasteiger charge is -2.34. The highest BCUT2D eigenvalue weighted by Crippen LogP contribution is 2.39. The van der Waals surface area contributed by atoms with Gasteiger partial charge in [0.05, 0.1) is 145 Å². The Balaban J connectivity index is 0.000000105. The predicted molar refractivity (Wildman–Crippen MR) is 507 cm³/mol. The van der Waals surface area contributed by atoms with Crippen molar-refractivity contribution in [1.82, 2.24) is 119 Å². The summed E-state index contributed by atoms with van der Waals surface area (Å²) in [6, 6.07) is 21.0. The van der Waals surface area contributed by atoms with E-state index in [1.807, 2.05) is 9.80 Å². The molecule has 14 bridgehead atoms. The van der Waals surface area contributed by atoms with Crippen LogP contribution in [0.3, 0.4) is 0 Å². The molecule has 0 amide bonds. The smallest absolute Gasteiger partial charge is 0.296 e. The molecule has 16 aliphatic rings. The zero-order valence-corrected chi connectivity index (χ0v) is 80.5. The van der Waals surface area contributed by atoms with Crippen LogP contribution in [-0.4, -0.2) is 333 Å². The van der Waals surface area contributed by atoms with Gasteiger partial charge in [0.15, 0.2) is 17.5 Å². The summed E-state index contributed by atoms with van der Waals surface area (Å²) in [5, 5.41) is 10.0. The van der Waals surface area contributed by atoms with Crippen LogP contribution in [0.25, 0.3) is 50.9 Å². The van der Waals surface area contributed by atoms with Crippen molar-refractivity contribution in [2.75, 3.05) is 174 Å². The first-order valence-corrected chi connectivity index (χ1v) is 49.8. The average molecular weight is 2060 g/mol. The second-order valence-electron chi connectivity index (χ2n) is 36.3. The van der Waals surface area contributed by atoms with Crippen LogP contribution in [0, 0.1) is 0 Å². The molecule has 51 heteroatoms. The van der Waals surface area contributed by atoms with Crippen molar-refractivity contribution in [2.45, 2.75) is 195 Å². The summed E-state index contributed by atoms with van der Waals surface area (Å²) in [6.45, 7) is 17.5. The quantitative estimate of drug-likeness (QED) is 0.0956. The van der Waals surface area contributed by atoms with Gasteiger partial charge in [0.1, 0.15) is 0 Å². The van der Waals surface area contributed by atoms with Crippen molar-refractivity contribution in [1.29, 1.82) is 0 Å². The molecule has 0 spiro atoms. The third-order valence-electron chi connectivity index (χ3n) is 26.5. The SMILES string of the molecule is C1CC2CNCC1O2.C1CC2CNCC1O2.C1COCCN1.Clc1nc(Cl)nc(Cl)n1.Clc1nc(Cl)nc(N2CC3CCC(C2)O3)n1.FC(F)c1nc2ccccc2n1-c1nc(Cl)nc(N2CC3CCC(C2)O3)n1.FC(F)c1nc2ccccc2n1-c1nc(N2CC3CCC(C2)O3)nc(N2CC3CCC(C2)O3)n1.FC(F)c1nc2ccccc2n1-c1nc(N2CCOCC2)nc(N2CC3CCC(C2)O3)n1. The molecular weight excluding hydrogens is 1960 g/mol. The van der Waals surface area contributed by atoms with Crippen LogP contribution in [0.1, 0.15) is 127 Å². The molecule has 748 valence electrons. The number of ether oxygens (including phenoxy) is 9. The van der Waals surface area contributed by atoms with Gasteiger partial charge in [-0.15, -0.1) is 0 Å². The van der Waals surface area contributed by atoms with Gasteiger partial charge in [0.2, 0.25) is 85.2 Å². The Morgan fingerprint density at radius 3 is 0.721 bits per heavy atom. The van der Waals surface area contributed by atoms with Gasteiger partial charge in [-0.25, -0.2) is 41.3 Å². The van der Waals surface area contributed by atoms with E-state index in [-0.39, 0.29) is 122 Å². The summed E-state index contributed by atoms with van der Waals surface area (Å²) in [5.74, 6) is 2.04. The molecule has 39 nitrogen and oxygen atoms in total. The van der Waals surface area contributed by atoms with Crippen molar-refractivity contribution >= 4 is 138 Å². The van der Waals surface area contributed by atoms with E-state index in [4.69, 9.17) is 132 Å². The van der Waals surface area contributed by atoms with Crippen molar-refractivity contribution < 1.29 is 69.0 Å². The number of rotatable bonds is 12. The molecule has 24 heterocycles. The fourth-order valence-electron chi connectivity index (χ4n) is 20.1. The van der Waals surface area contributed by atoms with Gasteiger partial charge >= 0.3 is 0 Å². The first kappa shape index (κ1) is 98.2. The third kappa shape index (κ3) is 23.9. The largest absolute Gasteiger partial charge is 0.379 e. The van der Waals surface area contributed by atoms with Gasteiger partial charge in [0, 0.05) is 118 Å². The Morgan fingerprint density at radius 1 is 0.243 bits per heavy atom. The van der Waals surface area contributed by atoms with E-state index in [2.05, 4.69) is 105 Å². The highest BCUT2D eigenvalue weighted by atomic mass is 35.5. The first-order valence-electron chi connectivity index (χ1n) is 47.5. The van der Waals surface area contributed by atoms with Gasteiger partial charge in [0.25, 0.3) is 19.3 Å². The van der Waals surface area contributed by atoms with E-state index in [9.17, 15) is 26.3 Å². The topological polar surface area (TPSA) is 385 Å². The van der Waals surface area contributed by atoms with Crippen LogP contribution in [-0.2, 0) is 42.6 Å². The van der Waals surface area contributed by atoms with Crippen molar-refractivity contribution in [3.63, 3.8) is 0 Å². The van der Waals surface area contributed by atoms with Gasteiger partial charge in [-0.2, -0.15) is 74.8 Å². The lowest BCUT2D eigenvalue weighted by molar-refractivity contribution is 0.0183. The molecule has 3 N–H and O–H groups in total. The maximum Gasteiger partial charge on any atom is 0.296 e. The van der Waals surface area contributed by atoms with E-state index in [1.165, 1.54) is 39.4 Å². The fourth-order valence-corrected chi connectivity index (χ4v) is 21.2. The number of alkyl halides is 6. The lowest BCUT2D eigenvalue weighted by Crippen LogP contribution is -2.45. The molecule has 0 aliphatic carbocycles. The monoisotopic (exact) mass is 2060 g/mol. The van der Waals surface area contributed by atoms with E-state index in [0.717, 1.165) is 130 Å². The Bertz CT molecular complexity index is 5840. The lowest BCUT2D eigenvalue weighted by atomic mass is 10.2. The van der Waals surface area contributed by atoms with Crippen LogP contribution >= 0.6 is 69.6 Å². The number of benzene rings is 3. The summed E-state index contributed by atoms with van der Waals surface area (Å²) in [6.07, 6.45) is 11.0. The van der Waals surface area contributed by atoms with Crippen LogP contribution in [0.5, 0.6) is 0 Å². The van der Waals surface area contributed by atoms with Gasteiger partial charge in [-0.3, -0.25) is 13.7 Å². The number of nitrogens with one attached hydrogen (secondary N) is 3. The molecule has 27 rings (SSSR count). The highest BCUT2D eigenvalue weighted by Gasteiger charge is 2.43. The molecule has 0 saturated carbocycles. The number of fused-ring (bicyclic) bond motifs is 17. The van der Waals surface area contributed by atoms with Crippen molar-refractivity contribution in [3.8, 4) is 17.8 Å². The Morgan fingerprint density at radius 2 is 0.457 bits per heavy atom. The molecule has 8 aromatic heterocycles. The number of aromatic nitrogens is 21. The number of nitrogens with zero attached hydrogens (tertiary/aromatic N) is 27.